The van der Waals surface area contributed by atoms with Crippen molar-refractivity contribution in [3.63, 3.8) is 0 Å². The molecule has 0 heterocycles. The maximum Gasteiger partial charge on any atom is 0.0221 e. The fraction of sp³-hybridized carbons (Fsp3) is 1.00. The monoisotopic (exact) mass is 226 g/mol. The molecule has 1 saturated carbocycles. The lowest BCUT2D eigenvalue weighted by Gasteiger charge is -2.33. The van der Waals surface area contributed by atoms with E-state index < -0.39 is 0 Å². The molecule has 1 fully saturated rings. The van der Waals surface area contributed by atoms with Crippen LogP contribution >= 0.6 is 0 Å². The smallest absolute Gasteiger partial charge is 0.0221 e. The second-order valence-electron chi connectivity index (χ2n) is 5.32. The number of nitrogens with two attached hydrogens (primary N) is 1. The van der Waals surface area contributed by atoms with E-state index >= 15 is 0 Å². The Hall–Kier alpha value is -0.0800. The summed E-state index contributed by atoms with van der Waals surface area (Å²) in [5.41, 5.74) is 6.17. The van der Waals surface area contributed by atoms with Gasteiger partial charge in [0.1, 0.15) is 0 Å². The number of nitrogens with one attached hydrogen (secondary N) is 1. The average Bonchev–Trinajstić information content (AvgIpc) is 2.30. The predicted octanol–water partition coefficient (Wildman–Crippen LogP) is 3.20. The highest BCUT2D eigenvalue weighted by Gasteiger charge is 2.23. The summed E-state index contributed by atoms with van der Waals surface area (Å²) in [7, 11) is 0. The van der Waals surface area contributed by atoms with Crippen LogP contribution in [-0.4, -0.2) is 18.1 Å². The van der Waals surface area contributed by atoms with E-state index in [1.165, 1.54) is 57.8 Å². The minimum Gasteiger partial charge on any atom is -0.326 e. The van der Waals surface area contributed by atoms with E-state index in [0.29, 0.717) is 18.1 Å². The molecule has 0 radical (unpaired) electrons. The van der Waals surface area contributed by atoms with Crippen LogP contribution in [0.1, 0.15) is 71.6 Å². The largest absolute Gasteiger partial charge is 0.326 e. The van der Waals surface area contributed by atoms with Crippen molar-refractivity contribution in [3.8, 4) is 0 Å². The first-order valence-electron chi connectivity index (χ1n) is 7.29. The van der Waals surface area contributed by atoms with Crippen LogP contribution in [0.4, 0.5) is 0 Å². The highest BCUT2D eigenvalue weighted by Crippen LogP contribution is 2.18. The van der Waals surface area contributed by atoms with Crippen molar-refractivity contribution in [3.05, 3.63) is 0 Å². The predicted molar refractivity (Wildman–Crippen MR) is 71.6 cm³/mol. The fourth-order valence-corrected chi connectivity index (χ4v) is 2.72. The molecule has 0 aromatic heterocycles. The van der Waals surface area contributed by atoms with Gasteiger partial charge in [-0.1, -0.05) is 46.0 Å². The molecule has 96 valence electrons. The van der Waals surface area contributed by atoms with E-state index in [-0.39, 0.29) is 0 Å². The van der Waals surface area contributed by atoms with Gasteiger partial charge in [0.25, 0.3) is 0 Å². The summed E-state index contributed by atoms with van der Waals surface area (Å²) in [5, 5.41) is 3.79. The molecular formula is C14H30N2. The molecule has 1 rings (SSSR count). The highest BCUT2D eigenvalue weighted by molar-refractivity contribution is 4.85. The van der Waals surface area contributed by atoms with Crippen LogP contribution in [0, 0.1) is 0 Å². The van der Waals surface area contributed by atoms with Crippen LogP contribution in [0.3, 0.4) is 0 Å². The molecule has 2 heteroatoms. The third-order valence-corrected chi connectivity index (χ3v) is 3.92. The first kappa shape index (κ1) is 14.0. The highest BCUT2D eigenvalue weighted by atomic mass is 15.0. The molecule has 1 unspecified atom stereocenters. The minimum absolute atomic E-state index is 0.397. The molecule has 0 spiro atoms. The van der Waals surface area contributed by atoms with Gasteiger partial charge in [-0.25, -0.2) is 0 Å². The van der Waals surface area contributed by atoms with Crippen LogP contribution < -0.4 is 11.1 Å². The van der Waals surface area contributed by atoms with Crippen molar-refractivity contribution in [1.82, 2.24) is 5.32 Å². The van der Waals surface area contributed by atoms with Gasteiger partial charge in [-0.2, -0.15) is 0 Å². The Morgan fingerprint density at radius 1 is 1.19 bits per heavy atom. The zero-order chi connectivity index (χ0) is 11.8. The van der Waals surface area contributed by atoms with Gasteiger partial charge in [0, 0.05) is 18.1 Å². The molecule has 3 N–H and O–H groups in total. The van der Waals surface area contributed by atoms with Gasteiger partial charge in [0.15, 0.2) is 0 Å². The SMILES string of the molecule is CCCCCC(CC)N[C@@H]1CCCC[C@H]1N. The number of unbranched alkanes of at least 4 members (excludes halogenated alkanes) is 2. The summed E-state index contributed by atoms with van der Waals surface area (Å²) in [4.78, 5) is 0. The summed E-state index contributed by atoms with van der Waals surface area (Å²) in [6.07, 6.45) is 11.8. The maximum absolute atomic E-state index is 6.17. The van der Waals surface area contributed by atoms with Crippen molar-refractivity contribution in [1.29, 1.82) is 0 Å². The summed E-state index contributed by atoms with van der Waals surface area (Å²) in [6, 6.07) is 1.68. The van der Waals surface area contributed by atoms with Crippen molar-refractivity contribution in [2.75, 3.05) is 0 Å². The van der Waals surface area contributed by atoms with Gasteiger partial charge in [0.2, 0.25) is 0 Å². The first-order chi connectivity index (χ1) is 7.77. The number of hydrogen-bond acceptors (Lipinski definition) is 2. The third-order valence-electron chi connectivity index (χ3n) is 3.92. The van der Waals surface area contributed by atoms with E-state index in [1.54, 1.807) is 0 Å². The minimum atomic E-state index is 0.397. The number of hydrogen-bond donors (Lipinski definition) is 2. The van der Waals surface area contributed by atoms with E-state index in [1.807, 2.05) is 0 Å². The molecule has 3 atom stereocenters. The molecule has 2 nitrogen and oxygen atoms in total. The standard InChI is InChI=1S/C14H30N2/c1-3-5-6-9-12(4-2)16-14-11-8-7-10-13(14)15/h12-14,16H,3-11,15H2,1-2H3/t12?,13-,14-/m1/s1. The summed E-state index contributed by atoms with van der Waals surface area (Å²) in [5.74, 6) is 0. The lowest BCUT2D eigenvalue weighted by atomic mass is 9.90. The second-order valence-corrected chi connectivity index (χ2v) is 5.32. The van der Waals surface area contributed by atoms with Crippen LogP contribution in [0.15, 0.2) is 0 Å². The summed E-state index contributed by atoms with van der Waals surface area (Å²) >= 11 is 0. The third kappa shape index (κ3) is 4.84. The first-order valence-corrected chi connectivity index (χ1v) is 7.29. The number of rotatable bonds is 7. The fourth-order valence-electron chi connectivity index (χ4n) is 2.72. The molecule has 0 amide bonds. The van der Waals surface area contributed by atoms with Gasteiger partial charge >= 0.3 is 0 Å². The Balaban J connectivity index is 2.24. The Labute approximate surface area is 101 Å². The molecule has 1 aliphatic rings. The Morgan fingerprint density at radius 3 is 2.56 bits per heavy atom. The Kier molecular flexibility index (Phi) is 7.06. The van der Waals surface area contributed by atoms with Gasteiger partial charge in [-0.05, 0) is 25.7 Å². The van der Waals surface area contributed by atoms with Crippen molar-refractivity contribution in [2.24, 2.45) is 5.73 Å². The lowest BCUT2D eigenvalue weighted by molar-refractivity contribution is 0.286. The Morgan fingerprint density at radius 2 is 1.94 bits per heavy atom. The van der Waals surface area contributed by atoms with E-state index in [4.69, 9.17) is 5.73 Å². The topological polar surface area (TPSA) is 38.0 Å². The normalized spacial score (nSPS) is 27.9. The van der Waals surface area contributed by atoms with Gasteiger partial charge < -0.3 is 11.1 Å². The quantitative estimate of drug-likeness (QED) is 0.654. The maximum atomic E-state index is 6.17. The van der Waals surface area contributed by atoms with Crippen LogP contribution in [-0.2, 0) is 0 Å². The van der Waals surface area contributed by atoms with Crippen molar-refractivity contribution >= 4 is 0 Å². The average molecular weight is 226 g/mol. The second kappa shape index (κ2) is 8.08. The molecule has 0 saturated heterocycles. The molecular weight excluding hydrogens is 196 g/mol. The molecule has 1 aliphatic carbocycles. The van der Waals surface area contributed by atoms with Crippen molar-refractivity contribution < 1.29 is 0 Å². The molecule has 16 heavy (non-hydrogen) atoms. The van der Waals surface area contributed by atoms with Gasteiger partial charge in [0.05, 0.1) is 0 Å². The van der Waals surface area contributed by atoms with E-state index in [9.17, 15) is 0 Å². The van der Waals surface area contributed by atoms with E-state index in [2.05, 4.69) is 19.2 Å². The zero-order valence-corrected chi connectivity index (χ0v) is 11.2. The molecule has 0 aromatic carbocycles. The summed E-state index contributed by atoms with van der Waals surface area (Å²) in [6.45, 7) is 4.56. The lowest BCUT2D eigenvalue weighted by Crippen LogP contribution is -2.50. The van der Waals surface area contributed by atoms with Crippen LogP contribution in [0.25, 0.3) is 0 Å². The Bertz CT molecular complexity index is 170. The van der Waals surface area contributed by atoms with Crippen LogP contribution in [0.5, 0.6) is 0 Å². The van der Waals surface area contributed by atoms with Crippen molar-refractivity contribution in [2.45, 2.75) is 89.8 Å². The summed E-state index contributed by atoms with van der Waals surface area (Å²) < 4.78 is 0. The van der Waals surface area contributed by atoms with Gasteiger partial charge in [-0.15, -0.1) is 0 Å². The zero-order valence-electron chi connectivity index (χ0n) is 11.2. The molecule has 0 aromatic rings. The molecule has 0 aliphatic heterocycles. The van der Waals surface area contributed by atoms with Gasteiger partial charge in [-0.3, -0.25) is 0 Å². The molecule has 0 bridgehead atoms. The van der Waals surface area contributed by atoms with E-state index in [0.717, 1.165) is 0 Å². The van der Waals surface area contributed by atoms with Crippen LogP contribution in [0.2, 0.25) is 0 Å².